The van der Waals surface area contributed by atoms with Gasteiger partial charge in [0.15, 0.2) is 10.9 Å². The fourth-order valence-corrected chi connectivity index (χ4v) is 4.01. The SMILES string of the molecule is CCCN1C(=S)N[C@@H](c2ccc(Br)c([N+](=O)[O-])c2)C(C(=O)Nc2cc(C)on2)=C1C. The summed E-state index contributed by atoms with van der Waals surface area (Å²) in [5.74, 6) is 0.452. The minimum Gasteiger partial charge on any atom is -0.360 e. The Kier molecular flexibility index (Phi) is 6.52. The second kappa shape index (κ2) is 8.92. The summed E-state index contributed by atoms with van der Waals surface area (Å²) < 4.78 is 5.37. The predicted molar refractivity (Wildman–Crippen MR) is 119 cm³/mol. The highest BCUT2D eigenvalue weighted by molar-refractivity contribution is 9.10. The number of thiocarbonyl (C=S) groups is 1. The number of aryl methyl sites for hydroxylation is 1. The fraction of sp³-hybridized carbons (Fsp3) is 0.316. The molecule has 11 heteroatoms. The molecule has 0 unspecified atom stereocenters. The lowest BCUT2D eigenvalue weighted by atomic mass is 9.94. The summed E-state index contributed by atoms with van der Waals surface area (Å²) in [7, 11) is 0. The molecule has 1 aliphatic rings. The van der Waals surface area contributed by atoms with Crippen molar-refractivity contribution in [1.29, 1.82) is 0 Å². The van der Waals surface area contributed by atoms with Gasteiger partial charge in [-0.05, 0) is 60.0 Å². The largest absolute Gasteiger partial charge is 0.360 e. The molecule has 1 aliphatic heterocycles. The van der Waals surface area contributed by atoms with E-state index in [1.54, 1.807) is 25.1 Å². The maximum Gasteiger partial charge on any atom is 0.283 e. The molecule has 2 N–H and O–H groups in total. The number of benzene rings is 1. The average molecular weight is 494 g/mol. The second-order valence-electron chi connectivity index (χ2n) is 6.78. The molecular weight excluding hydrogens is 474 g/mol. The first-order valence-electron chi connectivity index (χ1n) is 9.20. The van der Waals surface area contributed by atoms with Crippen molar-refractivity contribution < 1.29 is 14.2 Å². The minimum atomic E-state index is -0.662. The van der Waals surface area contributed by atoms with Gasteiger partial charge in [-0.15, -0.1) is 0 Å². The van der Waals surface area contributed by atoms with E-state index in [9.17, 15) is 14.9 Å². The van der Waals surface area contributed by atoms with Crippen molar-refractivity contribution in [3.8, 4) is 0 Å². The molecule has 0 bridgehead atoms. The van der Waals surface area contributed by atoms with Crippen LogP contribution in [0.4, 0.5) is 11.5 Å². The zero-order valence-electron chi connectivity index (χ0n) is 16.6. The van der Waals surface area contributed by atoms with Gasteiger partial charge in [0.05, 0.1) is 21.0 Å². The number of hydrogen-bond acceptors (Lipinski definition) is 6. The zero-order chi connectivity index (χ0) is 22.0. The summed E-state index contributed by atoms with van der Waals surface area (Å²) in [5, 5.41) is 21.6. The van der Waals surface area contributed by atoms with Gasteiger partial charge in [-0.25, -0.2) is 0 Å². The Hall–Kier alpha value is -2.79. The molecule has 30 heavy (non-hydrogen) atoms. The lowest BCUT2D eigenvalue weighted by Crippen LogP contribution is -2.48. The number of nitrogens with one attached hydrogen (secondary N) is 2. The number of hydrogen-bond donors (Lipinski definition) is 2. The van der Waals surface area contributed by atoms with Crippen LogP contribution in [0.1, 0.15) is 37.6 Å². The first-order valence-corrected chi connectivity index (χ1v) is 10.4. The monoisotopic (exact) mass is 493 g/mol. The van der Waals surface area contributed by atoms with E-state index < -0.39 is 16.9 Å². The Morgan fingerprint density at radius 1 is 1.43 bits per heavy atom. The molecule has 1 amide bonds. The second-order valence-corrected chi connectivity index (χ2v) is 8.02. The molecule has 0 spiro atoms. The van der Waals surface area contributed by atoms with Gasteiger partial charge < -0.3 is 20.1 Å². The van der Waals surface area contributed by atoms with E-state index in [1.807, 2.05) is 18.7 Å². The molecule has 2 aromatic rings. The van der Waals surface area contributed by atoms with Crippen molar-refractivity contribution in [1.82, 2.24) is 15.4 Å². The first-order chi connectivity index (χ1) is 14.2. The molecule has 1 aromatic heterocycles. The summed E-state index contributed by atoms with van der Waals surface area (Å²) in [5.41, 5.74) is 1.52. The highest BCUT2D eigenvalue weighted by atomic mass is 79.9. The maximum atomic E-state index is 13.2. The van der Waals surface area contributed by atoms with Crippen molar-refractivity contribution in [2.24, 2.45) is 0 Å². The van der Waals surface area contributed by atoms with Crippen LogP contribution in [0, 0.1) is 17.0 Å². The van der Waals surface area contributed by atoms with Gasteiger partial charge in [0.25, 0.3) is 11.6 Å². The van der Waals surface area contributed by atoms with Gasteiger partial charge in [-0.1, -0.05) is 18.1 Å². The van der Waals surface area contributed by atoms with Gasteiger partial charge >= 0.3 is 0 Å². The van der Waals surface area contributed by atoms with Crippen LogP contribution < -0.4 is 10.6 Å². The maximum absolute atomic E-state index is 13.2. The van der Waals surface area contributed by atoms with Crippen molar-refractivity contribution in [2.75, 3.05) is 11.9 Å². The van der Waals surface area contributed by atoms with Gasteiger partial charge in [-0.3, -0.25) is 14.9 Å². The number of amides is 1. The van der Waals surface area contributed by atoms with Crippen molar-refractivity contribution >= 4 is 50.7 Å². The molecular formula is C19H20BrN5O4S. The van der Waals surface area contributed by atoms with Gasteiger partial charge in [0.1, 0.15) is 5.76 Å². The number of anilines is 1. The Morgan fingerprint density at radius 2 is 2.17 bits per heavy atom. The quantitative estimate of drug-likeness (QED) is 0.349. The number of halogens is 1. The molecule has 0 fully saturated rings. The van der Waals surface area contributed by atoms with Gasteiger partial charge in [-0.2, -0.15) is 0 Å². The van der Waals surface area contributed by atoms with Crippen LogP contribution in [0.25, 0.3) is 0 Å². The highest BCUT2D eigenvalue weighted by Gasteiger charge is 2.34. The number of carbonyl (C=O) groups excluding carboxylic acids is 1. The summed E-state index contributed by atoms with van der Waals surface area (Å²) in [6.07, 6.45) is 0.824. The van der Waals surface area contributed by atoms with Crippen LogP contribution in [0.3, 0.4) is 0 Å². The predicted octanol–water partition coefficient (Wildman–Crippen LogP) is 4.21. The van der Waals surface area contributed by atoms with Crippen molar-refractivity contribution in [3.63, 3.8) is 0 Å². The van der Waals surface area contributed by atoms with Gasteiger partial charge in [0, 0.05) is 24.4 Å². The third-order valence-corrected chi connectivity index (χ3v) is 5.67. The number of carbonyl (C=O) groups is 1. The minimum absolute atomic E-state index is 0.0965. The molecule has 9 nitrogen and oxygen atoms in total. The standard InChI is InChI=1S/C19H20BrN5O4S/c1-4-7-24-11(3)16(18(26)21-15-8-10(2)29-23-15)17(22-19(24)30)12-5-6-13(20)14(9-12)25(27)28/h5-6,8-9,17H,4,7H2,1-3H3,(H,22,30)(H,21,23,26)/t17-/m0/s1. The lowest BCUT2D eigenvalue weighted by molar-refractivity contribution is -0.385. The molecule has 0 radical (unpaired) electrons. The fourth-order valence-electron chi connectivity index (χ4n) is 3.28. The van der Waals surface area contributed by atoms with E-state index in [1.165, 1.54) is 6.07 Å². The van der Waals surface area contributed by atoms with E-state index in [0.29, 0.717) is 38.7 Å². The molecule has 0 saturated carbocycles. The van der Waals surface area contributed by atoms with E-state index in [0.717, 1.165) is 6.42 Å². The Bertz CT molecular complexity index is 1050. The summed E-state index contributed by atoms with van der Waals surface area (Å²) >= 11 is 8.70. The average Bonchev–Trinajstić information content (AvgIpc) is 3.09. The van der Waals surface area contributed by atoms with Crippen LogP contribution in [0.15, 0.2) is 44.5 Å². The van der Waals surface area contributed by atoms with Crippen molar-refractivity contribution in [3.05, 3.63) is 61.4 Å². The third-order valence-electron chi connectivity index (χ3n) is 4.66. The topological polar surface area (TPSA) is 114 Å². The summed E-state index contributed by atoms with van der Waals surface area (Å²) in [6.45, 7) is 6.18. The Morgan fingerprint density at radius 3 is 2.77 bits per heavy atom. The molecule has 3 rings (SSSR count). The first kappa shape index (κ1) is 21.9. The number of nitro groups is 1. The normalized spacial score (nSPS) is 16.5. The number of nitro benzene ring substituents is 1. The van der Waals surface area contributed by atoms with Crippen molar-refractivity contribution in [2.45, 2.75) is 33.2 Å². The third kappa shape index (κ3) is 4.36. The smallest absolute Gasteiger partial charge is 0.283 e. The van der Waals surface area contributed by atoms with Gasteiger partial charge in [0.2, 0.25) is 0 Å². The molecule has 0 aliphatic carbocycles. The van der Waals surface area contributed by atoms with E-state index in [4.69, 9.17) is 16.7 Å². The molecule has 0 saturated heterocycles. The van der Waals surface area contributed by atoms with E-state index in [2.05, 4.69) is 31.7 Å². The van der Waals surface area contributed by atoms with Crippen LogP contribution in [0.2, 0.25) is 0 Å². The molecule has 158 valence electrons. The van der Waals surface area contributed by atoms with E-state index >= 15 is 0 Å². The summed E-state index contributed by atoms with van der Waals surface area (Å²) in [6, 6.07) is 5.68. The lowest BCUT2D eigenvalue weighted by Gasteiger charge is -2.37. The number of aromatic nitrogens is 1. The number of allylic oxidation sites excluding steroid dienone is 1. The highest BCUT2D eigenvalue weighted by Crippen LogP contribution is 2.35. The number of nitrogens with zero attached hydrogens (tertiary/aromatic N) is 3. The number of rotatable bonds is 6. The molecule has 1 atom stereocenters. The van der Waals surface area contributed by atoms with Crippen LogP contribution in [-0.2, 0) is 4.79 Å². The Balaban J connectivity index is 2.07. The zero-order valence-corrected chi connectivity index (χ0v) is 19.0. The molecule has 1 aromatic carbocycles. The van der Waals surface area contributed by atoms with Crippen LogP contribution >= 0.6 is 28.1 Å². The van der Waals surface area contributed by atoms with E-state index in [-0.39, 0.29) is 11.5 Å². The summed E-state index contributed by atoms with van der Waals surface area (Å²) in [4.78, 5) is 26.0. The van der Waals surface area contributed by atoms with Crippen LogP contribution in [-0.4, -0.2) is 32.5 Å². The molecule has 2 heterocycles. The van der Waals surface area contributed by atoms with Crippen LogP contribution in [0.5, 0.6) is 0 Å². The Labute approximate surface area is 186 Å².